The molecule has 0 radical (unpaired) electrons. The summed E-state index contributed by atoms with van der Waals surface area (Å²) in [5.74, 6) is 0. The monoisotopic (exact) mass is 193 g/mol. The zero-order valence-corrected chi connectivity index (χ0v) is 8.23. The highest BCUT2D eigenvalue weighted by Crippen LogP contribution is 2.05. The first-order valence-electron chi connectivity index (χ1n) is 4.51. The van der Waals surface area contributed by atoms with Crippen LogP contribution in [0.1, 0.15) is 0 Å². The predicted octanol–water partition coefficient (Wildman–Crippen LogP) is 1.11. The summed E-state index contributed by atoms with van der Waals surface area (Å²) in [6, 6.07) is 9.19. The first-order chi connectivity index (χ1) is 6.74. The lowest BCUT2D eigenvalue weighted by Crippen LogP contribution is -2.35. The Morgan fingerprint density at radius 2 is 2.07 bits per heavy atom. The summed E-state index contributed by atoms with van der Waals surface area (Å²) >= 11 is 0. The maximum absolute atomic E-state index is 11.5. The average molecular weight is 193 g/mol. The third-order valence-corrected chi connectivity index (χ3v) is 1.84. The number of urea groups is 1. The number of carbonyl (C=O) groups excluding carboxylic acids is 1. The quantitative estimate of drug-likeness (QED) is 0.755. The van der Waals surface area contributed by atoms with Crippen molar-refractivity contribution in [2.24, 2.45) is 5.73 Å². The van der Waals surface area contributed by atoms with Crippen LogP contribution in [0.5, 0.6) is 0 Å². The van der Waals surface area contributed by atoms with Crippen LogP contribution >= 0.6 is 0 Å². The predicted molar refractivity (Wildman–Crippen MR) is 57.1 cm³/mol. The number of para-hydroxylation sites is 1. The Bertz CT molecular complexity index is 287. The fourth-order valence-electron chi connectivity index (χ4n) is 1.04. The molecule has 0 unspecified atom stereocenters. The lowest BCUT2D eigenvalue weighted by Gasteiger charge is -2.16. The Kier molecular flexibility index (Phi) is 3.94. The Labute approximate surface area is 83.7 Å². The average Bonchev–Trinajstić information content (AvgIpc) is 2.19. The second kappa shape index (κ2) is 5.24. The van der Waals surface area contributed by atoms with Gasteiger partial charge in [0.2, 0.25) is 0 Å². The minimum atomic E-state index is -0.137. The van der Waals surface area contributed by atoms with Crippen molar-refractivity contribution in [1.82, 2.24) is 4.90 Å². The number of hydrogen-bond acceptors (Lipinski definition) is 2. The van der Waals surface area contributed by atoms with Crippen LogP contribution in [-0.4, -0.2) is 31.1 Å². The molecule has 2 amide bonds. The summed E-state index contributed by atoms with van der Waals surface area (Å²) in [6.45, 7) is 1.03. The van der Waals surface area contributed by atoms with Crippen LogP contribution in [0.25, 0.3) is 0 Å². The Hall–Kier alpha value is -1.55. The van der Waals surface area contributed by atoms with Gasteiger partial charge in [0.15, 0.2) is 0 Å². The van der Waals surface area contributed by atoms with E-state index in [1.165, 1.54) is 0 Å². The van der Waals surface area contributed by atoms with Crippen LogP contribution in [-0.2, 0) is 0 Å². The SMILES string of the molecule is CN(CCN)C(=O)Nc1ccccc1. The highest BCUT2D eigenvalue weighted by Gasteiger charge is 2.06. The summed E-state index contributed by atoms with van der Waals surface area (Å²) in [5, 5.41) is 2.76. The van der Waals surface area contributed by atoms with Crippen LogP contribution in [0.15, 0.2) is 30.3 Å². The number of nitrogens with one attached hydrogen (secondary N) is 1. The van der Waals surface area contributed by atoms with Gasteiger partial charge in [0.25, 0.3) is 0 Å². The van der Waals surface area contributed by atoms with E-state index in [1.807, 2.05) is 30.3 Å². The Balaban J connectivity index is 2.49. The van der Waals surface area contributed by atoms with Crippen molar-refractivity contribution in [2.75, 3.05) is 25.5 Å². The number of nitrogens with zero attached hydrogens (tertiary/aromatic N) is 1. The highest BCUT2D eigenvalue weighted by molar-refractivity contribution is 5.89. The van der Waals surface area contributed by atoms with Crippen molar-refractivity contribution in [2.45, 2.75) is 0 Å². The maximum Gasteiger partial charge on any atom is 0.321 e. The van der Waals surface area contributed by atoms with E-state index in [0.29, 0.717) is 13.1 Å². The molecule has 0 aliphatic carbocycles. The fraction of sp³-hybridized carbons (Fsp3) is 0.300. The molecule has 1 rings (SSSR count). The first-order valence-corrected chi connectivity index (χ1v) is 4.51. The zero-order valence-electron chi connectivity index (χ0n) is 8.23. The third kappa shape index (κ3) is 3.06. The van der Waals surface area contributed by atoms with E-state index in [-0.39, 0.29) is 6.03 Å². The molecule has 1 aromatic rings. The molecule has 0 fully saturated rings. The van der Waals surface area contributed by atoms with Gasteiger partial charge in [0.05, 0.1) is 0 Å². The van der Waals surface area contributed by atoms with Crippen molar-refractivity contribution >= 4 is 11.7 Å². The number of hydrogen-bond donors (Lipinski definition) is 2. The van der Waals surface area contributed by atoms with Gasteiger partial charge < -0.3 is 16.0 Å². The van der Waals surface area contributed by atoms with E-state index >= 15 is 0 Å². The number of likely N-dealkylation sites (N-methyl/N-ethyl adjacent to an activating group) is 1. The maximum atomic E-state index is 11.5. The summed E-state index contributed by atoms with van der Waals surface area (Å²) in [7, 11) is 1.71. The van der Waals surface area contributed by atoms with Crippen molar-refractivity contribution in [1.29, 1.82) is 0 Å². The van der Waals surface area contributed by atoms with E-state index < -0.39 is 0 Å². The summed E-state index contributed by atoms with van der Waals surface area (Å²) in [5.41, 5.74) is 6.13. The smallest absolute Gasteiger partial charge is 0.321 e. The lowest BCUT2D eigenvalue weighted by molar-refractivity contribution is 0.223. The molecular weight excluding hydrogens is 178 g/mol. The molecular formula is C10H15N3O. The standard InChI is InChI=1S/C10H15N3O/c1-13(8-7-11)10(14)12-9-5-3-2-4-6-9/h2-6H,7-8,11H2,1H3,(H,12,14). The third-order valence-electron chi connectivity index (χ3n) is 1.84. The molecule has 3 N–H and O–H groups in total. The first kappa shape index (κ1) is 10.5. The molecule has 4 heteroatoms. The number of carbonyl (C=O) groups is 1. The van der Waals surface area contributed by atoms with Crippen molar-refractivity contribution in [3.05, 3.63) is 30.3 Å². The molecule has 4 nitrogen and oxygen atoms in total. The van der Waals surface area contributed by atoms with Gasteiger partial charge in [-0.2, -0.15) is 0 Å². The molecule has 1 aromatic carbocycles. The van der Waals surface area contributed by atoms with Gasteiger partial charge in [0.1, 0.15) is 0 Å². The van der Waals surface area contributed by atoms with Gasteiger partial charge >= 0.3 is 6.03 Å². The molecule has 76 valence electrons. The van der Waals surface area contributed by atoms with Crippen LogP contribution in [0, 0.1) is 0 Å². The lowest BCUT2D eigenvalue weighted by atomic mass is 10.3. The number of benzene rings is 1. The van der Waals surface area contributed by atoms with E-state index in [4.69, 9.17) is 5.73 Å². The van der Waals surface area contributed by atoms with E-state index in [2.05, 4.69) is 5.32 Å². The van der Waals surface area contributed by atoms with Gasteiger partial charge in [-0.05, 0) is 12.1 Å². The molecule has 0 saturated carbocycles. The highest BCUT2D eigenvalue weighted by atomic mass is 16.2. The number of rotatable bonds is 3. The van der Waals surface area contributed by atoms with Crippen molar-refractivity contribution < 1.29 is 4.79 Å². The number of amides is 2. The van der Waals surface area contributed by atoms with Gasteiger partial charge in [-0.15, -0.1) is 0 Å². The summed E-state index contributed by atoms with van der Waals surface area (Å²) in [4.78, 5) is 13.0. The molecule has 0 aromatic heterocycles. The largest absolute Gasteiger partial charge is 0.329 e. The van der Waals surface area contributed by atoms with Crippen molar-refractivity contribution in [3.8, 4) is 0 Å². The second-order valence-corrected chi connectivity index (χ2v) is 3.01. The van der Waals surface area contributed by atoms with E-state index in [0.717, 1.165) is 5.69 Å². The van der Waals surface area contributed by atoms with Gasteiger partial charge in [-0.3, -0.25) is 0 Å². The molecule has 0 atom stereocenters. The fourth-order valence-corrected chi connectivity index (χ4v) is 1.04. The Morgan fingerprint density at radius 1 is 1.43 bits per heavy atom. The zero-order chi connectivity index (χ0) is 10.4. The second-order valence-electron chi connectivity index (χ2n) is 3.01. The molecule has 0 heterocycles. The van der Waals surface area contributed by atoms with Gasteiger partial charge in [-0.1, -0.05) is 18.2 Å². The normalized spacial score (nSPS) is 9.57. The van der Waals surface area contributed by atoms with E-state index in [1.54, 1.807) is 11.9 Å². The molecule has 0 spiro atoms. The topological polar surface area (TPSA) is 58.4 Å². The van der Waals surface area contributed by atoms with E-state index in [9.17, 15) is 4.79 Å². The molecule has 0 bridgehead atoms. The number of nitrogens with two attached hydrogens (primary N) is 1. The summed E-state index contributed by atoms with van der Waals surface area (Å²) in [6.07, 6.45) is 0. The van der Waals surface area contributed by atoms with Crippen LogP contribution < -0.4 is 11.1 Å². The van der Waals surface area contributed by atoms with Crippen LogP contribution in [0.3, 0.4) is 0 Å². The molecule has 0 saturated heterocycles. The van der Waals surface area contributed by atoms with Gasteiger partial charge in [0, 0.05) is 25.8 Å². The molecule has 0 aliphatic rings. The minimum Gasteiger partial charge on any atom is -0.329 e. The van der Waals surface area contributed by atoms with Crippen LogP contribution in [0.4, 0.5) is 10.5 Å². The molecule has 0 aliphatic heterocycles. The van der Waals surface area contributed by atoms with Gasteiger partial charge in [-0.25, -0.2) is 4.79 Å². The van der Waals surface area contributed by atoms with Crippen molar-refractivity contribution in [3.63, 3.8) is 0 Å². The number of anilines is 1. The summed E-state index contributed by atoms with van der Waals surface area (Å²) < 4.78 is 0. The molecule has 14 heavy (non-hydrogen) atoms. The Morgan fingerprint density at radius 3 is 2.64 bits per heavy atom. The minimum absolute atomic E-state index is 0.137. The van der Waals surface area contributed by atoms with Crippen LogP contribution in [0.2, 0.25) is 0 Å².